The van der Waals surface area contributed by atoms with Crippen LogP contribution in [-0.2, 0) is 14.3 Å². The van der Waals surface area contributed by atoms with Gasteiger partial charge in [-0.1, -0.05) is 18.2 Å². The van der Waals surface area contributed by atoms with Gasteiger partial charge in [0.05, 0.1) is 32.5 Å². The third-order valence-corrected chi connectivity index (χ3v) is 9.45. The van der Waals surface area contributed by atoms with Crippen LogP contribution < -0.4 is 15.4 Å². The lowest BCUT2D eigenvalue weighted by atomic mass is 10.0. The molecule has 42 heavy (non-hydrogen) atoms. The van der Waals surface area contributed by atoms with E-state index in [4.69, 9.17) is 14.5 Å². The van der Waals surface area contributed by atoms with Gasteiger partial charge in [-0.05, 0) is 37.3 Å². The number of nitrogens with zero attached hydrogens (tertiary/aromatic N) is 5. The maximum absolute atomic E-state index is 13.2. The van der Waals surface area contributed by atoms with E-state index in [1.54, 1.807) is 32.9 Å². The van der Waals surface area contributed by atoms with Crippen molar-refractivity contribution < 1.29 is 14.3 Å². The monoisotopic (exact) mass is 583 g/mol. The summed E-state index contributed by atoms with van der Waals surface area (Å²) in [5.41, 5.74) is 3.35. The number of carbonyl (C=O) groups excluding carboxylic acids is 1. The summed E-state index contributed by atoms with van der Waals surface area (Å²) in [6.07, 6.45) is 1.92. The standard InChI is InChI=1S/C32H33N5O4S/c1-21-19-35(11-16-41-21)20-30(39)34(2)22-8-9-27-26(17-22)24-6-3-5-23(31(24)42-27)25-7-4-10-37-29(38)18-28(33-32(25)37)36-12-14-40-15-13-36/h3-10,17-18,21H,11-16,19-20H2,1-2H3/t21-/m0/s1. The molecule has 2 aromatic carbocycles. The Morgan fingerprint density at radius 1 is 1.02 bits per heavy atom. The molecule has 0 spiro atoms. The highest BCUT2D eigenvalue weighted by molar-refractivity contribution is 7.26. The molecule has 9 nitrogen and oxygen atoms in total. The van der Waals surface area contributed by atoms with Crippen molar-refractivity contribution in [2.24, 2.45) is 0 Å². The maximum atomic E-state index is 13.2. The number of benzene rings is 2. The quantitative estimate of drug-likeness (QED) is 0.306. The van der Waals surface area contributed by atoms with Gasteiger partial charge in [0.1, 0.15) is 11.5 Å². The normalized spacial score (nSPS) is 18.2. The van der Waals surface area contributed by atoms with Gasteiger partial charge in [-0.15, -0.1) is 11.3 Å². The predicted octanol–water partition coefficient (Wildman–Crippen LogP) is 4.25. The molecule has 0 N–H and O–H groups in total. The molecule has 216 valence electrons. The Balaban J connectivity index is 1.27. The summed E-state index contributed by atoms with van der Waals surface area (Å²) in [7, 11) is 1.85. The summed E-state index contributed by atoms with van der Waals surface area (Å²) in [4.78, 5) is 37.4. The fraction of sp³-hybridized carbons (Fsp3) is 0.344. The Morgan fingerprint density at radius 3 is 2.69 bits per heavy atom. The number of likely N-dealkylation sites (N-methyl/N-ethyl adjacent to an activating group) is 1. The Bertz CT molecular complexity index is 1860. The molecular formula is C32H33N5O4S. The zero-order valence-corrected chi connectivity index (χ0v) is 24.6. The molecule has 2 fully saturated rings. The molecule has 2 aliphatic heterocycles. The second-order valence-electron chi connectivity index (χ2n) is 11.0. The summed E-state index contributed by atoms with van der Waals surface area (Å²) in [6, 6.07) is 18.1. The van der Waals surface area contributed by atoms with E-state index >= 15 is 0 Å². The lowest BCUT2D eigenvalue weighted by molar-refractivity contribution is -0.121. The number of rotatable bonds is 5. The second-order valence-corrected chi connectivity index (χ2v) is 12.1. The van der Waals surface area contributed by atoms with Crippen LogP contribution in [0.5, 0.6) is 0 Å². The molecule has 0 saturated carbocycles. The molecule has 7 rings (SSSR count). The first-order chi connectivity index (χ1) is 20.5. The van der Waals surface area contributed by atoms with Crippen LogP contribution in [0.3, 0.4) is 0 Å². The highest BCUT2D eigenvalue weighted by atomic mass is 32.1. The Hall–Kier alpha value is -3.83. The van der Waals surface area contributed by atoms with Gasteiger partial charge < -0.3 is 19.3 Å². The zero-order chi connectivity index (χ0) is 28.8. The number of pyridine rings is 1. The second kappa shape index (κ2) is 11.1. The van der Waals surface area contributed by atoms with E-state index < -0.39 is 0 Å². The molecule has 0 radical (unpaired) electrons. The van der Waals surface area contributed by atoms with Gasteiger partial charge >= 0.3 is 0 Å². The SMILES string of the molecule is C[C@H]1CN(CC(=O)N(C)c2ccc3sc4c(-c5cccn6c(=O)cc(N7CCOCC7)nc56)cccc4c3c2)CCO1. The van der Waals surface area contributed by atoms with Gasteiger partial charge in [-0.25, -0.2) is 4.98 Å². The molecule has 2 saturated heterocycles. The number of morpholine rings is 2. The van der Waals surface area contributed by atoms with Gasteiger partial charge in [0.2, 0.25) is 5.91 Å². The number of carbonyl (C=O) groups is 1. The lowest BCUT2D eigenvalue weighted by Crippen LogP contribution is -2.46. The largest absolute Gasteiger partial charge is 0.378 e. The van der Waals surface area contributed by atoms with Crippen molar-refractivity contribution in [1.29, 1.82) is 0 Å². The molecule has 1 amide bonds. The van der Waals surface area contributed by atoms with Crippen molar-refractivity contribution >= 4 is 54.6 Å². The zero-order valence-electron chi connectivity index (χ0n) is 23.8. The molecule has 5 heterocycles. The van der Waals surface area contributed by atoms with Crippen LogP contribution in [0, 0.1) is 0 Å². The average molecular weight is 584 g/mol. The fourth-order valence-electron chi connectivity index (χ4n) is 5.96. The number of ether oxygens (including phenoxy) is 2. The third kappa shape index (κ3) is 4.94. The highest BCUT2D eigenvalue weighted by Crippen LogP contribution is 2.41. The van der Waals surface area contributed by atoms with Crippen LogP contribution in [0.25, 0.3) is 36.9 Å². The van der Waals surface area contributed by atoms with E-state index in [0.717, 1.165) is 50.1 Å². The third-order valence-electron chi connectivity index (χ3n) is 8.23. The van der Waals surface area contributed by atoms with Crippen LogP contribution in [0.4, 0.5) is 11.5 Å². The first-order valence-corrected chi connectivity index (χ1v) is 15.2. The summed E-state index contributed by atoms with van der Waals surface area (Å²) >= 11 is 1.72. The number of hydrogen-bond donors (Lipinski definition) is 0. The van der Waals surface area contributed by atoms with Crippen molar-refractivity contribution in [3.05, 3.63) is 71.1 Å². The highest BCUT2D eigenvalue weighted by Gasteiger charge is 2.22. The van der Waals surface area contributed by atoms with Crippen LogP contribution in [0.2, 0.25) is 0 Å². The Labute approximate surface area is 247 Å². The van der Waals surface area contributed by atoms with Gasteiger partial charge in [-0.2, -0.15) is 0 Å². The molecule has 3 aromatic heterocycles. The molecule has 1 atom stereocenters. The topological polar surface area (TPSA) is 79.6 Å². The number of aromatic nitrogens is 2. The van der Waals surface area contributed by atoms with Crippen molar-refractivity contribution in [2.45, 2.75) is 13.0 Å². The van der Waals surface area contributed by atoms with Crippen LogP contribution in [-0.4, -0.2) is 85.9 Å². The lowest BCUT2D eigenvalue weighted by Gasteiger charge is -2.31. The summed E-state index contributed by atoms with van der Waals surface area (Å²) < 4.78 is 15.0. The summed E-state index contributed by atoms with van der Waals surface area (Å²) in [5.74, 6) is 0.746. The Kier molecular flexibility index (Phi) is 7.15. The van der Waals surface area contributed by atoms with Gasteiger partial charge in [0.15, 0.2) is 0 Å². The van der Waals surface area contributed by atoms with Gasteiger partial charge in [-0.3, -0.25) is 18.9 Å². The van der Waals surface area contributed by atoms with E-state index in [9.17, 15) is 9.59 Å². The molecule has 2 aliphatic rings. The Morgan fingerprint density at radius 2 is 1.86 bits per heavy atom. The van der Waals surface area contributed by atoms with E-state index in [-0.39, 0.29) is 17.6 Å². The van der Waals surface area contributed by atoms with Gasteiger partial charge in [0, 0.05) is 82.5 Å². The van der Waals surface area contributed by atoms with Crippen LogP contribution >= 0.6 is 11.3 Å². The predicted molar refractivity (Wildman–Crippen MR) is 168 cm³/mol. The van der Waals surface area contributed by atoms with Crippen LogP contribution in [0.1, 0.15) is 6.92 Å². The number of thiophene rings is 1. The minimum absolute atomic E-state index is 0.0621. The first-order valence-electron chi connectivity index (χ1n) is 14.4. The fourth-order valence-corrected chi connectivity index (χ4v) is 7.17. The van der Waals surface area contributed by atoms with Crippen LogP contribution in [0.15, 0.2) is 65.6 Å². The maximum Gasteiger partial charge on any atom is 0.259 e. The van der Waals surface area contributed by atoms with E-state index in [1.165, 1.54) is 0 Å². The molecule has 0 bridgehead atoms. The van der Waals surface area contributed by atoms with Crippen molar-refractivity contribution in [3.8, 4) is 11.1 Å². The minimum Gasteiger partial charge on any atom is -0.378 e. The molecular weight excluding hydrogens is 550 g/mol. The molecule has 0 unspecified atom stereocenters. The van der Waals surface area contributed by atoms with E-state index in [0.29, 0.717) is 50.9 Å². The average Bonchev–Trinajstić information content (AvgIpc) is 3.39. The molecule has 0 aliphatic carbocycles. The number of hydrogen-bond acceptors (Lipinski definition) is 8. The van der Waals surface area contributed by atoms with E-state index in [1.807, 2.05) is 32.2 Å². The van der Waals surface area contributed by atoms with Gasteiger partial charge in [0.25, 0.3) is 5.56 Å². The summed E-state index contributed by atoms with van der Waals surface area (Å²) in [6.45, 7) is 7.27. The minimum atomic E-state index is -0.101. The smallest absolute Gasteiger partial charge is 0.259 e. The van der Waals surface area contributed by atoms with Crippen molar-refractivity contribution in [2.75, 3.05) is 69.4 Å². The summed E-state index contributed by atoms with van der Waals surface area (Å²) in [5, 5.41) is 2.22. The van der Waals surface area contributed by atoms with E-state index in [2.05, 4.69) is 40.1 Å². The molecule has 10 heteroatoms. The number of amides is 1. The van der Waals surface area contributed by atoms with Crippen molar-refractivity contribution in [1.82, 2.24) is 14.3 Å². The van der Waals surface area contributed by atoms with Crippen molar-refractivity contribution in [3.63, 3.8) is 0 Å². The number of fused-ring (bicyclic) bond motifs is 4. The molecule has 5 aromatic rings. The number of anilines is 2. The first kappa shape index (κ1) is 27.0.